The van der Waals surface area contributed by atoms with Gasteiger partial charge in [-0.1, -0.05) is 6.42 Å². The van der Waals surface area contributed by atoms with E-state index >= 15 is 0 Å². The largest absolute Gasteiger partial charge is 0.372 e. The van der Waals surface area contributed by atoms with Crippen molar-refractivity contribution in [3.8, 4) is 0 Å². The number of carbonyl (C=O) groups is 1. The van der Waals surface area contributed by atoms with Gasteiger partial charge >= 0.3 is 0 Å². The Morgan fingerprint density at radius 2 is 2.05 bits per heavy atom. The molecule has 114 valence electrons. The van der Waals surface area contributed by atoms with Crippen LogP contribution in [0.4, 0.5) is 0 Å². The van der Waals surface area contributed by atoms with E-state index in [2.05, 4.69) is 10.2 Å². The molecule has 1 amide bonds. The third-order valence-electron chi connectivity index (χ3n) is 5.62. The second-order valence-corrected chi connectivity index (χ2v) is 6.68. The summed E-state index contributed by atoms with van der Waals surface area (Å²) in [5, 5.41) is 3.23. The number of hydrogen-bond donors (Lipinski definition) is 2. The Morgan fingerprint density at radius 1 is 1.35 bits per heavy atom. The van der Waals surface area contributed by atoms with E-state index in [9.17, 15) is 4.79 Å². The molecule has 4 unspecified atom stereocenters. The first kappa shape index (κ1) is 14.3. The Hall–Kier alpha value is -0.650. The zero-order chi connectivity index (χ0) is 14.2. The van der Waals surface area contributed by atoms with E-state index in [4.69, 9.17) is 10.5 Å². The summed E-state index contributed by atoms with van der Waals surface area (Å²) in [7, 11) is 1.87. The highest BCUT2D eigenvalue weighted by Gasteiger charge is 2.46. The molecule has 2 heterocycles. The summed E-state index contributed by atoms with van der Waals surface area (Å²) in [6.45, 7) is 3.19. The second kappa shape index (κ2) is 5.62. The van der Waals surface area contributed by atoms with E-state index in [0.29, 0.717) is 18.1 Å². The molecule has 4 atom stereocenters. The van der Waals surface area contributed by atoms with Gasteiger partial charge in [0.1, 0.15) is 5.54 Å². The molecule has 0 aromatic rings. The van der Waals surface area contributed by atoms with Crippen LogP contribution in [0.5, 0.6) is 0 Å². The Bertz CT molecular complexity index is 364. The molecule has 2 aliphatic heterocycles. The normalized spacial score (nSPS) is 41.1. The minimum atomic E-state index is -0.467. The van der Waals surface area contributed by atoms with E-state index in [1.807, 2.05) is 7.05 Å². The summed E-state index contributed by atoms with van der Waals surface area (Å²) in [6, 6.07) is 0. The predicted octanol–water partition coefficient (Wildman–Crippen LogP) is 0.483. The van der Waals surface area contributed by atoms with Crippen molar-refractivity contribution in [3.63, 3.8) is 0 Å². The number of amides is 1. The number of carbonyl (C=O) groups excluding carboxylic acids is 1. The molecule has 3 aliphatic rings. The number of fused-ring (bicyclic) bond motifs is 2. The molecule has 0 radical (unpaired) electrons. The summed E-state index contributed by atoms with van der Waals surface area (Å²) in [4.78, 5) is 14.4. The van der Waals surface area contributed by atoms with Crippen molar-refractivity contribution in [1.82, 2.24) is 10.2 Å². The Kier molecular flexibility index (Phi) is 4.02. The van der Waals surface area contributed by atoms with Crippen LogP contribution in [-0.2, 0) is 9.53 Å². The lowest BCUT2D eigenvalue weighted by Gasteiger charge is -2.36. The van der Waals surface area contributed by atoms with Gasteiger partial charge in [0.15, 0.2) is 0 Å². The minimum Gasteiger partial charge on any atom is -0.372 e. The molecule has 3 fully saturated rings. The highest BCUT2D eigenvalue weighted by molar-refractivity contribution is 5.85. The van der Waals surface area contributed by atoms with Crippen molar-refractivity contribution in [3.05, 3.63) is 0 Å². The van der Waals surface area contributed by atoms with Crippen molar-refractivity contribution in [2.45, 2.75) is 56.3 Å². The highest BCUT2D eigenvalue weighted by Crippen LogP contribution is 2.38. The number of likely N-dealkylation sites (N-methyl/N-ethyl adjacent to an activating group) is 1. The zero-order valence-corrected chi connectivity index (χ0v) is 12.4. The topological polar surface area (TPSA) is 67.6 Å². The van der Waals surface area contributed by atoms with Gasteiger partial charge in [-0.25, -0.2) is 0 Å². The summed E-state index contributed by atoms with van der Waals surface area (Å²) in [5.41, 5.74) is 5.19. The van der Waals surface area contributed by atoms with Gasteiger partial charge in [-0.3, -0.25) is 9.69 Å². The van der Waals surface area contributed by atoms with E-state index in [1.54, 1.807) is 0 Å². The quantitative estimate of drug-likeness (QED) is 0.769. The van der Waals surface area contributed by atoms with Gasteiger partial charge in [-0.2, -0.15) is 0 Å². The summed E-state index contributed by atoms with van der Waals surface area (Å²) < 4.78 is 5.87. The van der Waals surface area contributed by atoms with Crippen molar-refractivity contribution >= 4 is 5.91 Å². The first-order valence-electron chi connectivity index (χ1n) is 8.00. The first-order chi connectivity index (χ1) is 9.64. The molecule has 3 N–H and O–H groups in total. The third kappa shape index (κ3) is 2.47. The molecule has 0 spiro atoms. The highest BCUT2D eigenvalue weighted by atomic mass is 16.5. The number of nitrogens with two attached hydrogens (primary N) is 1. The average molecular weight is 281 g/mol. The number of morpholine rings is 1. The molecular formula is C15H27N3O2. The van der Waals surface area contributed by atoms with Crippen molar-refractivity contribution < 1.29 is 9.53 Å². The van der Waals surface area contributed by atoms with Crippen LogP contribution in [0.2, 0.25) is 0 Å². The smallest absolute Gasteiger partial charge is 0.238 e. The fourth-order valence-corrected chi connectivity index (χ4v) is 4.47. The van der Waals surface area contributed by atoms with E-state index in [0.717, 1.165) is 45.3 Å². The maximum absolute atomic E-state index is 11.9. The molecule has 5 nitrogen and oxygen atoms in total. The maximum atomic E-state index is 11.9. The fraction of sp³-hybridized carbons (Fsp3) is 0.933. The molecule has 20 heavy (non-hydrogen) atoms. The van der Waals surface area contributed by atoms with Gasteiger partial charge in [0, 0.05) is 13.1 Å². The molecule has 1 aliphatic carbocycles. The van der Waals surface area contributed by atoms with Crippen LogP contribution in [-0.4, -0.2) is 55.2 Å². The molecule has 0 aromatic carbocycles. The summed E-state index contributed by atoms with van der Waals surface area (Å²) in [5.74, 6) is 0.204. The number of primary amides is 1. The second-order valence-electron chi connectivity index (χ2n) is 6.68. The number of nitrogens with zero attached hydrogens (tertiary/aromatic N) is 1. The molecule has 3 rings (SSSR count). The third-order valence-corrected chi connectivity index (χ3v) is 5.62. The van der Waals surface area contributed by atoms with E-state index in [-0.39, 0.29) is 5.91 Å². The molecule has 5 heteroatoms. The van der Waals surface area contributed by atoms with E-state index in [1.165, 1.54) is 12.8 Å². The standard InChI is InChI=1S/C15H27N3O2/c1-17-15(14(16)19)7-2-3-11(15)6-8-18-9-12-4-5-13(10-18)20-12/h11-13,17H,2-10H2,1H3,(H2,16,19). The number of rotatable bonds is 5. The van der Waals surface area contributed by atoms with Gasteiger partial charge in [0.05, 0.1) is 12.2 Å². The Balaban J connectivity index is 1.56. The van der Waals surface area contributed by atoms with Gasteiger partial charge in [-0.05, 0) is 51.6 Å². The molecule has 2 saturated heterocycles. The maximum Gasteiger partial charge on any atom is 0.238 e. The SMILES string of the molecule is CNC1(C(N)=O)CCCC1CCN1CC2CCC(C1)O2. The van der Waals surface area contributed by atoms with Gasteiger partial charge in [-0.15, -0.1) is 0 Å². The van der Waals surface area contributed by atoms with Crippen LogP contribution in [0, 0.1) is 5.92 Å². The summed E-state index contributed by atoms with van der Waals surface area (Å²) >= 11 is 0. The number of nitrogens with one attached hydrogen (secondary N) is 1. The Morgan fingerprint density at radius 3 is 2.65 bits per heavy atom. The Labute approximate surface area is 121 Å². The zero-order valence-electron chi connectivity index (χ0n) is 12.4. The van der Waals surface area contributed by atoms with Crippen LogP contribution in [0.15, 0.2) is 0 Å². The van der Waals surface area contributed by atoms with Crippen molar-refractivity contribution in [1.29, 1.82) is 0 Å². The lowest BCUT2D eigenvalue weighted by Crippen LogP contribution is -2.57. The molecular weight excluding hydrogens is 254 g/mol. The molecule has 2 bridgehead atoms. The van der Waals surface area contributed by atoms with Crippen LogP contribution < -0.4 is 11.1 Å². The van der Waals surface area contributed by atoms with Crippen LogP contribution in [0.25, 0.3) is 0 Å². The van der Waals surface area contributed by atoms with Gasteiger partial charge < -0.3 is 15.8 Å². The van der Waals surface area contributed by atoms with E-state index < -0.39 is 5.54 Å². The lowest BCUT2D eigenvalue weighted by atomic mass is 9.84. The van der Waals surface area contributed by atoms with Crippen molar-refractivity contribution in [2.24, 2.45) is 11.7 Å². The number of hydrogen-bond acceptors (Lipinski definition) is 4. The number of likely N-dealkylation sites (tertiary alicyclic amines) is 1. The molecule has 1 saturated carbocycles. The molecule has 0 aromatic heterocycles. The van der Waals surface area contributed by atoms with Crippen LogP contribution in [0.3, 0.4) is 0 Å². The lowest BCUT2D eigenvalue weighted by molar-refractivity contribution is -0.125. The average Bonchev–Trinajstić information content (AvgIpc) is 3.00. The number of ether oxygens (including phenoxy) is 1. The predicted molar refractivity (Wildman–Crippen MR) is 77.3 cm³/mol. The fourth-order valence-electron chi connectivity index (χ4n) is 4.47. The van der Waals surface area contributed by atoms with Crippen molar-refractivity contribution in [2.75, 3.05) is 26.7 Å². The van der Waals surface area contributed by atoms with Crippen LogP contribution in [0.1, 0.15) is 38.5 Å². The monoisotopic (exact) mass is 281 g/mol. The first-order valence-corrected chi connectivity index (χ1v) is 8.00. The van der Waals surface area contributed by atoms with Gasteiger partial charge in [0.25, 0.3) is 0 Å². The summed E-state index contributed by atoms with van der Waals surface area (Å²) in [6.07, 6.45) is 7.48. The minimum absolute atomic E-state index is 0.176. The van der Waals surface area contributed by atoms with Crippen LogP contribution >= 0.6 is 0 Å². The van der Waals surface area contributed by atoms with Gasteiger partial charge in [0.2, 0.25) is 5.91 Å².